The van der Waals surface area contributed by atoms with Crippen LogP contribution in [0.4, 0.5) is 5.69 Å². The summed E-state index contributed by atoms with van der Waals surface area (Å²) >= 11 is 0. The number of aromatic nitrogens is 1. The molecule has 0 spiro atoms. The summed E-state index contributed by atoms with van der Waals surface area (Å²) in [5.74, 6) is 0.560. The van der Waals surface area contributed by atoms with E-state index in [0.29, 0.717) is 5.92 Å². The molecule has 1 aromatic heterocycles. The van der Waals surface area contributed by atoms with Crippen molar-refractivity contribution in [3.8, 4) is 0 Å². The molecule has 33 heavy (non-hydrogen) atoms. The average Bonchev–Trinajstić information content (AvgIpc) is 2.84. The Morgan fingerprint density at radius 3 is 2.52 bits per heavy atom. The third kappa shape index (κ3) is 5.28. The van der Waals surface area contributed by atoms with E-state index < -0.39 is 0 Å². The fourth-order valence-electron chi connectivity index (χ4n) is 4.68. The van der Waals surface area contributed by atoms with Crippen LogP contribution in [0.3, 0.4) is 0 Å². The van der Waals surface area contributed by atoms with Crippen LogP contribution in [0.2, 0.25) is 0 Å². The maximum atomic E-state index is 4.43. The van der Waals surface area contributed by atoms with Crippen molar-refractivity contribution in [2.45, 2.75) is 39.5 Å². The van der Waals surface area contributed by atoms with Crippen molar-refractivity contribution in [1.82, 2.24) is 4.98 Å². The van der Waals surface area contributed by atoms with Crippen molar-refractivity contribution < 1.29 is 0 Å². The highest BCUT2D eigenvalue weighted by atomic mass is 14.7. The van der Waals surface area contributed by atoms with Crippen LogP contribution in [0.1, 0.15) is 61.8 Å². The zero-order chi connectivity index (χ0) is 23.2. The second kappa shape index (κ2) is 10.4. The molecule has 2 aromatic carbocycles. The number of hydrogen-bond acceptors (Lipinski definition) is 2. The van der Waals surface area contributed by atoms with Crippen LogP contribution in [0.15, 0.2) is 101 Å². The highest BCUT2D eigenvalue weighted by Crippen LogP contribution is 2.39. The summed E-state index contributed by atoms with van der Waals surface area (Å²) in [6.45, 7) is 10.5. The molecule has 2 heteroatoms. The fraction of sp³-hybridized carbons (Fsp3) is 0.226. The monoisotopic (exact) mass is 432 g/mol. The highest BCUT2D eigenvalue weighted by Gasteiger charge is 2.21. The van der Waals surface area contributed by atoms with Crippen molar-refractivity contribution in [2.75, 3.05) is 0 Å². The van der Waals surface area contributed by atoms with E-state index in [0.717, 1.165) is 24.1 Å². The summed E-state index contributed by atoms with van der Waals surface area (Å²) in [5.41, 5.74) is 9.81. The lowest BCUT2D eigenvalue weighted by molar-refractivity contribution is 0.819. The van der Waals surface area contributed by atoms with E-state index in [2.05, 4.69) is 110 Å². The molecule has 0 amide bonds. The molecule has 0 saturated carbocycles. The van der Waals surface area contributed by atoms with Gasteiger partial charge in [0.25, 0.3) is 0 Å². The Bertz CT molecular complexity index is 1200. The van der Waals surface area contributed by atoms with Crippen molar-refractivity contribution >= 4 is 24.1 Å². The van der Waals surface area contributed by atoms with Gasteiger partial charge in [-0.15, -0.1) is 0 Å². The molecule has 4 rings (SSSR count). The average molecular weight is 433 g/mol. The van der Waals surface area contributed by atoms with Gasteiger partial charge in [0.1, 0.15) is 0 Å². The van der Waals surface area contributed by atoms with Gasteiger partial charge in [-0.3, -0.25) is 9.98 Å². The second-order valence-electron chi connectivity index (χ2n) is 9.02. The molecule has 1 atom stereocenters. The number of benzene rings is 2. The molecule has 3 aromatic rings. The van der Waals surface area contributed by atoms with E-state index in [1.54, 1.807) is 0 Å². The van der Waals surface area contributed by atoms with Gasteiger partial charge < -0.3 is 0 Å². The fourth-order valence-corrected chi connectivity index (χ4v) is 4.68. The Morgan fingerprint density at radius 2 is 1.85 bits per heavy atom. The summed E-state index contributed by atoms with van der Waals surface area (Å²) in [4.78, 5) is 8.77. The summed E-state index contributed by atoms with van der Waals surface area (Å²) in [5, 5.41) is 0. The van der Waals surface area contributed by atoms with Gasteiger partial charge in [-0.05, 0) is 78.9 Å². The number of allylic oxidation sites excluding steroid dienone is 5. The van der Waals surface area contributed by atoms with Crippen molar-refractivity contribution in [1.29, 1.82) is 0 Å². The third-order valence-corrected chi connectivity index (χ3v) is 6.30. The number of aliphatic imine (C=N–C) groups is 1. The molecule has 0 aliphatic heterocycles. The molecule has 0 N–H and O–H groups in total. The minimum Gasteiger partial charge on any atom is -0.264 e. The van der Waals surface area contributed by atoms with E-state index in [4.69, 9.17) is 0 Å². The lowest BCUT2D eigenvalue weighted by atomic mass is 9.80. The third-order valence-electron chi connectivity index (χ3n) is 6.30. The number of rotatable bonds is 7. The van der Waals surface area contributed by atoms with Crippen LogP contribution in [-0.2, 0) is 0 Å². The zero-order valence-corrected chi connectivity index (χ0v) is 19.8. The van der Waals surface area contributed by atoms with E-state index in [1.807, 2.05) is 18.5 Å². The largest absolute Gasteiger partial charge is 0.264 e. The molecule has 166 valence electrons. The van der Waals surface area contributed by atoms with Crippen molar-refractivity contribution in [3.63, 3.8) is 0 Å². The van der Waals surface area contributed by atoms with Gasteiger partial charge in [-0.2, -0.15) is 0 Å². The maximum absolute atomic E-state index is 4.43. The zero-order valence-electron chi connectivity index (χ0n) is 19.8. The maximum Gasteiger partial charge on any atom is 0.0695 e. The molecule has 2 nitrogen and oxygen atoms in total. The Morgan fingerprint density at radius 1 is 1.03 bits per heavy atom. The van der Waals surface area contributed by atoms with Crippen LogP contribution in [0.25, 0.3) is 11.6 Å². The van der Waals surface area contributed by atoms with Gasteiger partial charge >= 0.3 is 0 Å². The van der Waals surface area contributed by atoms with Gasteiger partial charge in [0, 0.05) is 23.9 Å². The topological polar surface area (TPSA) is 25.2 Å². The first-order chi connectivity index (χ1) is 16.1. The molecule has 1 heterocycles. The number of hydrogen-bond donors (Lipinski definition) is 0. The summed E-state index contributed by atoms with van der Waals surface area (Å²) in [6.07, 6.45) is 12.9. The first-order valence-corrected chi connectivity index (χ1v) is 11.7. The predicted octanol–water partition coefficient (Wildman–Crippen LogP) is 8.41. The van der Waals surface area contributed by atoms with Crippen LogP contribution < -0.4 is 0 Å². The highest BCUT2D eigenvalue weighted by molar-refractivity contribution is 5.86. The van der Waals surface area contributed by atoms with Gasteiger partial charge in [-0.25, -0.2) is 0 Å². The Balaban J connectivity index is 1.86. The first-order valence-electron chi connectivity index (χ1n) is 11.7. The Kier molecular flexibility index (Phi) is 7.14. The Hall–Kier alpha value is -3.52. The van der Waals surface area contributed by atoms with Crippen LogP contribution in [-0.4, -0.2) is 11.7 Å². The van der Waals surface area contributed by atoms with Crippen molar-refractivity contribution in [2.24, 2.45) is 10.9 Å². The summed E-state index contributed by atoms with van der Waals surface area (Å²) in [6, 6.07) is 21.4. The molecule has 0 saturated heterocycles. The number of pyridine rings is 1. The lowest BCUT2D eigenvalue weighted by Crippen LogP contribution is -2.08. The lowest BCUT2D eigenvalue weighted by Gasteiger charge is -2.24. The molecule has 0 fully saturated rings. The van der Waals surface area contributed by atoms with Crippen LogP contribution >= 0.6 is 0 Å². The van der Waals surface area contributed by atoms with Crippen LogP contribution in [0, 0.1) is 5.92 Å². The van der Waals surface area contributed by atoms with E-state index in [-0.39, 0.29) is 5.92 Å². The quantitative estimate of drug-likeness (QED) is 0.272. The molecule has 1 unspecified atom stereocenters. The standard InChI is InChI=1S/C31H32N2/c1-22(2)29(24-11-6-5-7-12-24)20-28-19-26(15-16-30(28)32-4)31(27-14-9-17-33-21-27)25-13-8-10-23(3)18-25/h5-7,9-12,14-22,31H,4,8,13H2,1-3H3/b29-20+. The molecule has 0 radical (unpaired) electrons. The molecule has 1 aliphatic carbocycles. The molecule has 1 aliphatic rings. The summed E-state index contributed by atoms with van der Waals surface area (Å²) in [7, 11) is 0. The van der Waals surface area contributed by atoms with Gasteiger partial charge in [0.15, 0.2) is 0 Å². The van der Waals surface area contributed by atoms with Gasteiger partial charge in [-0.1, -0.05) is 79.6 Å². The second-order valence-corrected chi connectivity index (χ2v) is 9.02. The molecular formula is C31H32N2. The smallest absolute Gasteiger partial charge is 0.0695 e. The first kappa shape index (κ1) is 22.7. The minimum absolute atomic E-state index is 0.174. The van der Waals surface area contributed by atoms with Crippen LogP contribution in [0.5, 0.6) is 0 Å². The SMILES string of the molecule is C=Nc1ccc(C(C2=CC(C)=CCC2)c2cccnc2)cc1/C=C(/c1ccccc1)C(C)C. The van der Waals surface area contributed by atoms with E-state index in [1.165, 1.54) is 33.4 Å². The van der Waals surface area contributed by atoms with Crippen molar-refractivity contribution in [3.05, 3.63) is 119 Å². The molecule has 0 bridgehead atoms. The van der Waals surface area contributed by atoms with E-state index >= 15 is 0 Å². The van der Waals surface area contributed by atoms with E-state index in [9.17, 15) is 0 Å². The molecular weight excluding hydrogens is 400 g/mol. The number of nitrogens with zero attached hydrogens (tertiary/aromatic N) is 2. The van der Waals surface area contributed by atoms with Gasteiger partial charge in [0.05, 0.1) is 5.69 Å². The minimum atomic E-state index is 0.174. The Labute approximate surface area is 198 Å². The van der Waals surface area contributed by atoms with Gasteiger partial charge in [0.2, 0.25) is 0 Å². The summed E-state index contributed by atoms with van der Waals surface area (Å²) < 4.78 is 0. The predicted molar refractivity (Wildman–Crippen MR) is 142 cm³/mol. The normalized spacial score (nSPS) is 15.1.